The number of hydrogen-bond acceptors (Lipinski definition) is 7. The summed E-state index contributed by atoms with van der Waals surface area (Å²) in [4.78, 5) is 9.26. The molecule has 3 aromatic heterocycles. The van der Waals surface area contributed by atoms with Crippen LogP contribution in [0.25, 0.3) is 10.8 Å². The van der Waals surface area contributed by atoms with Crippen molar-refractivity contribution >= 4 is 43.0 Å². The Morgan fingerprint density at radius 2 is 1.93 bits per heavy atom. The molecule has 0 fully saturated rings. The number of benzene rings is 1. The van der Waals surface area contributed by atoms with Crippen molar-refractivity contribution in [3.63, 3.8) is 0 Å². The van der Waals surface area contributed by atoms with Gasteiger partial charge in [-0.2, -0.15) is 4.98 Å². The Morgan fingerprint density at radius 1 is 1.11 bits per heavy atom. The van der Waals surface area contributed by atoms with Crippen molar-refractivity contribution in [2.45, 2.75) is 16.5 Å². The molecule has 4 aromatic rings. The molecule has 0 radical (unpaired) electrons. The van der Waals surface area contributed by atoms with Crippen molar-refractivity contribution in [3.05, 3.63) is 76.3 Å². The Labute approximate surface area is 174 Å². The zero-order valence-corrected chi connectivity index (χ0v) is 17.6. The molecule has 0 aliphatic rings. The highest BCUT2D eigenvalue weighted by atomic mass is 79.9. The number of rotatable bonds is 6. The number of pyridine rings is 1. The van der Waals surface area contributed by atoms with Crippen LogP contribution >= 0.6 is 27.3 Å². The van der Waals surface area contributed by atoms with E-state index in [0.29, 0.717) is 6.54 Å². The zero-order chi connectivity index (χ0) is 19.6. The van der Waals surface area contributed by atoms with E-state index in [1.54, 1.807) is 24.5 Å². The standard InChI is InChI=1S/C19H14BrN3O3S2/c20-14-5-7-15(8-6-14)28(24,25)19-18(22-12-13-3-1-9-21-11-13)26-17(23-19)16-4-2-10-27-16/h1-11,22H,12H2. The van der Waals surface area contributed by atoms with Crippen LogP contribution in [-0.4, -0.2) is 18.4 Å². The fourth-order valence-electron chi connectivity index (χ4n) is 2.52. The average Bonchev–Trinajstić information content (AvgIpc) is 3.37. The van der Waals surface area contributed by atoms with Crippen LogP contribution in [0, 0.1) is 0 Å². The third kappa shape index (κ3) is 3.87. The molecular weight excluding hydrogens is 462 g/mol. The van der Waals surface area contributed by atoms with Crippen LogP contribution in [0.3, 0.4) is 0 Å². The number of halogens is 1. The normalized spacial score (nSPS) is 11.5. The second kappa shape index (κ2) is 7.86. The predicted molar refractivity (Wildman–Crippen MR) is 111 cm³/mol. The van der Waals surface area contributed by atoms with Gasteiger partial charge in [-0.25, -0.2) is 8.42 Å². The molecule has 142 valence electrons. The Hall–Kier alpha value is -2.49. The first-order chi connectivity index (χ1) is 13.5. The largest absolute Gasteiger partial charge is 0.418 e. The van der Waals surface area contributed by atoms with Crippen molar-refractivity contribution in [2.75, 3.05) is 5.32 Å². The van der Waals surface area contributed by atoms with Crippen molar-refractivity contribution < 1.29 is 12.8 Å². The molecule has 0 amide bonds. The minimum atomic E-state index is -3.86. The summed E-state index contributed by atoms with van der Waals surface area (Å²) in [7, 11) is -3.86. The monoisotopic (exact) mass is 475 g/mol. The number of oxazole rings is 1. The quantitative estimate of drug-likeness (QED) is 0.421. The molecule has 0 unspecified atom stereocenters. The Bertz CT molecular complexity index is 1170. The predicted octanol–water partition coefficient (Wildman–Crippen LogP) is 5.01. The van der Waals surface area contributed by atoms with E-state index in [0.717, 1.165) is 14.9 Å². The van der Waals surface area contributed by atoms with Crippen LogP contribution in [0.1, 0.15) is 5.56 Å². The average molecular weight is 476 g/mol. The first kappa shape index (κ1) is 18.9. The molecule has 0 aliphatic heterocycles. The molecule has 1 N–H and O–H groups in total. The Kier molecular flexibility index (Phi) is 5.29. The van der Waals surface area contributed by atoms with Gasteiger partial charge >= 0.3 is 0 Å². The molecule has 0 aliphatic carbocycles. The maximum absolute atomic E-state index is 13.2. The van der Waals surface area contributed by atoms with Crippen LogP contribution < -0.4 is 5.32 Å². The smallest absolute Gasteiger partial charge is 0.240 e. The Morgan fingerprint density at radius 3 is 2.61 bits per heavy atom. The van der Waals surface area contributed by atoms with E-state index in [1.165, 1.54) is 23.5 Å². The third-order valence-corrected chi connectivity index (χ3v) is 6.95. The second-order valence-corrected chi connectivity index (χ2v) is 9.53. The number of sulfone groups is 1. The van der Waals surface area contributed by atoms with Crippen LogP contribution in [0.15, 0.2) is 85.1 Å². The maximum Gasteiger partial charge on any atom is 0.240 e. The van der Waals surface area contributed by atoms with Crippen LogP contribution in [0.5, 0.6) is 0 Å². The SMILES string of the molecule is O=S(=O)(c1ccc(Br)cc1)c1nc(-c2cccs2)oc1NCc1cccnc1. The summed E-state index contributed by atoms with van der Waals surface area (Å²) in [6.07, 6.45) is 3.38. The van der Waals surface area contributed by atoms with E-state index in [-0.39, 0.29) is 21.7 Å². The lowest BCUT2D eigenvalue weighted by Crippen LogP contribution is -2.07. The molecule has 3 heterocycles. The zero-order valence-electron chi connectivity index (χ0n) is 14.4. The van der Waals surface area contributed by atoms with Gasteiger partial charge in [0, 0.05) is 23.4 Å². The van der Waals surface area contributed by atoms with E-state index in [1.807, 2.05) is 29.6 Å². The van der Waals surface area contributed by atoms with Crippen molar-refractivity contribution in [1.82, 2.24) is 9.97 Å². The van der Waals surface area contributed by atoms with Crippen LogP contribution in [-0.2, 0) is 16.4 Å². The Balaban J connectivity index is 1.74. The van der Waals surface area contributed by atoms with Gasteiger partial charge in [0.25, 0.3) is 0 Å². The second-order valence-electron chi connectivity index (χ2n) is 5.80. The lowest BCUT2D eigenvalue weighted by Gasteiger charge is -2.06. The number of hydrogen-bond donors (Lipinski definition) is 1. The number of anilines is 1. The van der Waals surface area contributed by atoms with E-state index in [4.69, 9.17) is 4.42 Å². The first-order valence-corrected chi connectivity index (χ1v) is 11.4. The van der Waals surface area contributed by atoms with Crippen LogP contribution in [0.2, 0.25) is 0 Å². The highest BCUT2D eigenvalue weighted by Gasteiger charge is 2.28. The number of nitrogens with zero attached hydrogens (tertiary/aromatic N) is 2. The third-order valence-electron chi connectivity index (χ3n) is 3.88. The molecule has 0 spiro atoms. The van der Waals surface area contributed by atoms with Crippen molar-refractivity contribution in [3.8, 4) is 10.8 Å². The highest BCUT2D eigenvalue weighted by Crippen LogP contribution is 2.34. The van der Waals surface area contributed by atoms with E-state index < -0.39 is 9.84 Å². The molecule has 9 heteroatoms. The van der Waals surface area contributed by atoms with E-state index in [2.05, 4.69) is 31.2 Å². The number of nitrogens with one attached hydrogen (secondary N) is 1. The molecule has 0 saturated carbocycles. The van der Waals surface area contributed by atoms with Gasteiger partial charge in [-0.05, 0) is 47.3 Å². The lowest BCUT2D eigenvalue weighted by molar-refractivity contribution is 0.577. The van der Waals surface area contributed by atoms with Crippen LogP contribution in [0.4, 0.5) is 5.88 Å². The fraction of sp³-hybridized carbons (Fsp3) is 0.0526. The summed E-state index contributed by atoms with van der Waals surface area (Å²) in [5, 5.41) is 4.79. The van der Waals surface area contributed by atoms with Gasteiger partial charge in [0.15, 0.2) is 0 Å². The minimum absolute atomic E-state index is 0.107. The summed E-state index contributed by atoms with van der Waals surface area (Å²) in [6, 6.07) is 13.8. The summed E-state index contributed by atoms with van der Waals surface area (Å²) in [5.74, 6) is 0.370. The molecule has 6 nitrogen and oxygen atoms in total. The first-order valence-electron chi connectivity index (χ1n) is 8.22. The van der Waals surface area contributed by atoms with Gasteiger partial charge in [-0.3, -0.25) is 4.98 Å². The fourth-order valence-corrected chi connectivity index (χ4v) is 4.71. The molecule has 0 atom stereocenters. The van der Waals surface area contributed by atoms with Crippen molar-refractivity contribution in [2.24, 2.45) is 0 Å². The van der Waals surface area contributed by atoms with Gasteiger partial charge in [0.05, 0.1) is 9.77 Å². The van der Waals surface area contributed by atoms with Gasteiger partial charge in [0.2, 0.25) is 26.6 Å². The number of thiophene rings is 1. The molecule has 28 heavy (non-hydrogen) atoms. The summed E-state index contributed by atoms with van der Waals surface area (Å²) in [6.45, 7) is 0.357. The van der Waals surface area contributed by atoms with E-state index >= 15 is 0 Å². The minimum Gasteiger partial charge on any atom is -0.418 e. The van der Waals surface area contributed by atoms with Gasteiger partial charge in [0.1, 0.15) is 0 Å². The summed E-state index contributed by atoms with van der Waals surface area (Å²) in [5.41, 5.74) is 0.892. The molecule has 1 aromatic carbocycles. The van der Waals surface area contributed by atoms with Gasteiger partial charge in [-0.15, -0.1) is 11.3 Å². The summed E-state index contributed by atoms with van der Waals surface area (Å²) < 4.78 is 32.9. The number of aromatic nitrogens is 2. The molecule has 0 saturated heterocycles. The van der Waals surface area contributed by atoms with Gasteiger partial charge in [-0.1, -0.05) is 28.1 Å². The van der Waals surface area contributed by atoms with Crippen molar-refractivity contribution in [1.29, 1.82) is 0 Å². The summed E-state index contributed by atoms with van der Waals surface area (Å²) >= 11 is 4.74. The molecule has 0 bridgehead atoms. The van der Waals surface area contributed by atoms with Gasteiger partial charge < -0.3 is 9.73 Å². The molecule has 4 rings (SSSR count). The maximum atomic E-state index is 13.2. The highest BCUT2D eigenvalue weighted by molar-refractivity contribution is 9.10. The molecular formula is C19H14BrN3O3S2. The van der Waals surface area contributed by atoms with E-state index in [9.17, 15) is 8.42 Å². The lowest BCUT2D eigenvalue weighted by atomic mass is 10.3. The topological polar surface area (TPSA) is 85.1 Å².